The van der Waals surface area contributed by atoms with E-state index in [0.29, 0.717) is 32.2 Å². The zero-order valence-corrected chi connectivity index (χ0v) is 34.4. The average molecular weight is 743 g/mol. The summed E-state index contributed by atoms with van der Waals surface area (Å²) >= 11 is 0. The Hall–Kier alpha value is -2.67. The summed E-state index contributed by atoms with van der Waals surface area (Å²) in [4.78, 5) is 36.3. The van der Waals surface area contributed by atoms with Crippen molar-refractivity contribution in [2.75, 3.05) is 6.54 Å². The van der Waals surface area contributed by atoms with Crippen molar-refractivity contribution in [3.8, 4) is 0 Å². The van der Waals surface area contributed by atoms with Crippen LogP contribution in [0.4, 0.5) is 0 Å². The maximum absolute atomic E-state index is 12.8. The minimum absolute atomic E-state index is 0.0973. The molecule has 7 nitrogen and oxygen atoms in total. The smallest absolute Gasteiger partial charge is 0.326 e. The van der Waals surface area contributed by atoms with E-state index < -0.39 is 12.0 Å². The lowest BCUT2D eigenvalue weighted by atomic mass is 10.0. The molecule has 4 N–H and O–H groups in total. The number of allylic oxidation sites excluding steroid dienone is 7. The summed E-state index contributed by atoms with van der Waals surface area (Å²) in [6.45, 7) is 4.82. The topological polar surface area (TPSA) is 119 Å². The highest BCUT2D eigenvalue weighted by atomic mass is 16.5. The van der Waals surface area contributed by atoms with Crippen molar-refractivity contribution in [3.63, 3.8) is 0 Å². The van der Waals surface area contributed by atoms with E-state index in [1.807, 2.05) is 0 Å². The number of unbranched alkanes of at least 4 members (excludes halogenated alkanes) is 19. The van der Waals surface area contributed by atoms with Gasteiger partial charge in [-0.25, -0.2) is 4.79 Å². The normalized spacial score (nSPS) is 13.1. The second kappa shape index (κ2) is 40.5. The highest BCUT2D eigenvalue weighted by Gasteiger charge is 2.18. The first-order valence-corrected chi connectivity index (χ1v) is 22.0. The van der Waals surface area contributed by atoms with Crippen LogP contribution in [0.5, 0.6) is 0 Å². The molecular weight excluding hydrogens is 661 g/mol. The van der Waals surface area contributed by atoms with Crippen LogP contribution in [0.2, 0.25) is 0 Å². The molecule has 0 fully saturated rings. The molecule has 2 unspecified atom stereocenters. The molecule has 2 atom stereocenters. The molecule has 0 saturated carbocycles. The third kappa shape index (κ3) is 37.4. The first-order chi connectivity index (χ1) is 25.9. The van der Waals surface area contributed by atoms with Gasteiger partial charge in [-0.1, -0.05) is 172 Å². The quantitative estimate of drug-likeness (QED) is 0.0328. The van der Waals surface area contributed by atoms with Crippen LogP contribution in [0, 0.1) is 0 Å². The van der Waals surface area contributed by atoms with Gasteiger partial charge in [-0.2, -0.15) is 0 Å². The van der Waals surface area contributed by atoms with E-state index >= 15 is 0 Å². The molecule has 0 aromatic heterocycles. The van der Waals surface area contributed by atoms with E-state index in [1.165, 1.54) is 89.9 Å². The Morgan fingerprint density at radius 2 is 1.02 bits per heavy atom. The van der Waals surface area contributed by atoms with Crippen molar-refractivity contribution in [2.24, 2.45) is 5.73 Å². The zero-order chi connectivity index (χ0) is 38.9. The van der Waals surface area contributed by atoms with E-state index in [2.05, 4.69) is 67.8 Å². The third-order valence-corrected chi connectivity index (χ3v) is 9.64. The number of rotatable bonds is 39. The van der Waals surface area contributed by atoms with Gasteiger partial charge < -0.3 is 20.9 Å². The number of hydrogen-bond acceptors (Lipinski definition) is 5. The fourth-order valence-electron chi connectivity index (χ4n) is 6.36. The van der Waals surface area contributed by atoms with E-state index in [0.717, 1.165) is 77.0 Å². The van der Waals surface area contributed by atoms with Crippen LogP contribution < -0.4 is 11.1 Å². The SMILES string of the molecule is CC/C=C\C/C=C\C/C=C\C/C=C\C(CCCCCCCC(=O)NC(CCCN)C(=O)O)OC(=O)CCCCCCCCCCCCCCCCCC. The van der Waals surface area contributed by atoms with Gasteiger partial charge >= 0.3 is 11.9 Å². The number of carbonyl (C=O) groups excluding carboxylic acids is 2. The standard InChI is InChI=1S/C46H82N2O5/c1-3-5-7-9-11-13-15-16-17-18-19-21-23-25-30-34-40-45(50)53-42(36-31-27-24-22-20-14-12-10-8-6-4-2)37-32-28-26-29-33-39-44(49)48-43(46(51)52)38-35-41-47/h6,8,12,14,22,24,31,36,42-43H,3-5,7,9-11,13,15-21,23,25-30,32-35,37-41,47H2,1-2H3,(H,48,49)(H,51,52)/b8-6-,14-12-,24-22-,36-31-. The number of carbonyl (C=O) groups is 3. The minimum Gasteiger partial charge on any atom is -0.480 e. The second-order valence-electron chi connectivity index (χ2n) is 14.7. The van der Waals surface area contributed by atoms with Crippen LogP contribution in [0.15, 0.2) is 48.6 Å². The Morgan fingerprint density at radius 3 is 1.51 bits per heavy atom. The Bertz CT molecular complexity index is 973. The molecule has 306 valence electrons. The number of nitrogens with one attached hydrogen (secondary N) is 1. The van der Waals surface area contributed by atoms with Gasteiger partial charge in [0.1, 0.15) is 12.1 Å². The molecule has 0 radical (unpaired) electrons. The fraction of sp³-hybridized carbons (Fsp3) is 0.761. The molecule has 53 heavy (non-hydrogen) atoms. The molecule has 0 rings (SSSR count). The monoisotopic (exact) mass is 743 g/mol. The highest BCUT2D eigenvalue weighted by Crippen LogP contribution is 2.16. The molecule has 0 saturated heterocycles. The molecule has 0 aliphatic carbocycles. The van der Waals surface area contributed by atoms with Crippen LogP contribution in [0.1, 0.15) is 206 Å². The predicted octanol–water partition coefficient (Wildman–Crippen LogP) is 12.4. The molecule has 1 amide bonds. The van der Waals surface area contributed by atoms with Crippen LogP contribution >= 0.6 is 0 Å². The van der Waals surface area contributed by atoms with Crippen LogP contribution in [0.3, 0.4) is 0 Å². The van der Waals surface area contributed by atoms with Crippen molar-refractivity contribution in [1.82, 2.24) is 5.32 Å². The van der Waals surface area contributed by atoms with Crippen molar-refractivity contribution < 1.29 is 24.2 Å². The lowest BCUT2D eigenvalue weighted by molar-refractivity contribution is -0.147. The number of aliphatic carboxylic acids is 1. The summed E-state index contributed by atoms with van der Waals surface area (Å²) in [6.07, 6.45) is 48.9. The number of ether oxygens (including phenoxy) is 1. The Morgan fingerprint density at radius 1 is 0.566 bits per heavy atom. The molecule has 0 heterocycles. The van der Waals surface area contributed by atoms with E-state index in [9.17, 15) is 19.5 Å². The molecule has 0 spiro atoms. The molecular formula is C46H82N2O5. The molecule has 7 heteroatoms. The fourth-order valence-corrected chi connectivity index (χ4v) is 6.36. The van der Waals surface area contributed by atoms with Crippen molar-refractivity contribution in [3.05, 3.63) is 48.6 Å². The van der Waals surface area contributed by atoms with E-state index in [4.69, 9.17) is 10.5 Å². The van der Waals surface area contributed by atoms with Gasteiger partial charge in [-0.15, -0.1) is 0 Å². The van der Waals surface area contributed by atoms with Crippen LogP contribution in [-0.4, -0.2) is 41.6 Å². The lowest BCUT2D eigenvalue weighted by Crippen LogP contribution is -2.40. The summed E-state index contributed by atoms with van der Waals surface area (Å²) in [5.74, 6) is -1.33. The zero-order valence-electron chi connectivity index (χ0n) is 34.4. The molecule has 0 aromatic rings. The van der Waals surface area contributed by atoms with Gasteiger partial charge in [0.15, 0.2) is 0 Å². The number of hydrogen-bond donors (Lipinski definition) is 3. The summed E-state index contributed by atoms with van der Waals surface area (Å²) in [7, 11) is 0. The number of carboxylic acids is 1. The molecule has 0 aliphatic heterocycles. The largest absolute Gasteiger partial charge is 0.480 e. The summed E-state index contributed by atoms with van der Waals surface area (Å²) in [5, 5.41) is 11.9. The van der Waals surface area contributed by atoms with Crippen molar-refractivity contribution in [1.29, 1.82) is 0 Å². The minimum atomic E-state index is -1.01. The van der Waals surface area contributed by atoms with Gasteiger partial charge in [0, 0.05) is 12.8 Å². The van der Waals surface area contributed by atoms with Crippen molar-refractivity contribution in [2.45, 2.75) is 219 Å². The van der Waals surface area contributed by atoms with Gasteiger partial charge in [0.2, 0.25) is 5.91 Å². The summed E-state index contributed by atoms with van der Waals surface area (Å²) in [6, 6.07) is -0.867. The third-order valence-electron chi connectivity index (χ3n) is 9.64. The first kappa shape index (κ1) is 50.3. The van der Waals surface area contributed by atoms with Gasteiger partial charge in [0.05, 0.1) is 0 Å². The molecule has 0 bridgehead atoms. The van der Waals surface area contributed by atoms with Crippen LogP contribution in [-0.2, 0) is 19.1 Å². The number of esters is 1. The number of carboxylic acid groups (broad SMARTS) is 1. The Balaban J connectivity index is 4.38. The predicted molar refractivity (Wildman–Crippen MR) is 225 cm³/mol. The average Bonchev–Trinajstić information content (AvgIpc) is 3.14. The van der Waals surface area contributed by atoms with Gasteiger partial charge in [-0.3, -0.25) is 9.59 Å². The summed E-state index contributed by atoms with van der Waals surface area (Å²) in [5.41, 5.74) is 5.48. The van der Waals surface area contributed by atoms with E-state index in [-0.39, 0.29) is 18.0 Å². The highest BCUT2D eigenvalue weighted by molar-refractivity contribution is 5.83. The second-order valence-corrected chi connectivity index (χ2v) is 14.7. The van der Waals surface area contributed by atoms with E-state index in [1.54, 1.807) is 0 Å². The van der Waals surface area contributed by atoms with Gasteiger partial charge in [0.25, 0.3) is 0 Å². The lowest BCUT2D eigenvalue weighted by Gasteiger charge is -2.15. The molecule has 0 aromatic carbocycles. The number of amides is 1. The van der Waals surface area contributed by atoms with Crippen molar-refractivity contribution >= 4 is 17.8 Å². The maximum Gasteiger partial charge on any atom is 0.326 e. The maximum atomic E-state index is 12.8. The van der Waals surface area contributed by atoms with Gasteiger partial charge in [-0.05, 0) is 76.8 Å². The number of nitrogens with two attached hydrogens (primary N) is 1. The first-order valence-electron chi connectivity index (χ1n) is 22.0. The Kier molecular flexibility index (Phi) is 38.5. The summed E-state index contributed by atoms with van der Waals surface area (Å²) < 4.78 is 5.93. The van der Waals surface area contributed by atoms with Crippen LogP contribution in [0.25, 0.3) is 0 Å². The molecule has 0 aliphatic rings. The Labute approximate surface area is 326 Å².